The minimum atomic E-state index is -0.948. The highest BCUT2D eigenvalue weighted by molar-refractivity contribution is 5.97. The summed E-state index contributed by atoms with van der Waals surface area (Å²) < 4.78 is 13.1. The summed E-state index contributed by atoms with van der Waals surface area (Å²) in [5, 5.41) is 16.5. The number of benzene rings is 3. The fraction of sp³-hybridized carbons (Fsp3) is 0.259. The van der Waals surface area contributed by atoms with Crippen molar-refractivity contribution < 1.29 is 14.3 Å². The van der Waals surface area contributed by atoms with Gasteiger partial charge in [-0.1, -0.05) is 31.4 Å². The molecule has 0 spiro atoms. The van der Waals surface area contributed by atoms with E-state index >= 15 is 0 Å². The molecule has 4 aromatic rings. The second-order valence-electron chi connectivity index (χ2n) is 8.80. The first kappa shape index (κ1) is 22.1. The van der Waals surface area contributed by atoms with Gasteiger partial charge in [0.15, 0.2) is 6.23 Å². The lowest BCUT2D eigenvalue weighted by molar-refractivity contribution is 0.0928. The molecule has 1 heterocycles. The van der Waals surface area contributed by atoms with Gasteiger partial charge in [-0.25, -0.2) is 9.37 Å². The van der Waals surface area contributed by atoms with Crippen LogP contribution in [0.3, 0.4) is 0 Å². The Hall–Kier alpha value is -3.71. The fourth-order valence-corrected chi connectivity index (χ4v) is 4.41. The molecule has 1 aliphatic carbocycles. The van der Waals surface area contributed by atoms with Crippen molar-refractivity contribution in [2.45, 2.75) is 44.4 Å². The van der Waals surface area contributed by atoms with Gasteiger partial charge in [-0.2, -0.15) is 0 Å². The molecular formula is C27H27FN4O2. The Labute approximate surface area is 197 Å². The number of imidazole rings is 1. The smallest absolute Gasteiger partial charge is 0.251 e. The molecule has 0 bridgehead atoms. The van der Waals surface area contributed by atoms with E-state index in [0.29, 0.717) is 17.0 Å². The van der Waals surface area contributed by atoms with Gasteiger partial charge in [0.2, 0.25) is 0 Å². The third-order valence-electron chi connectivity index (χ3n) is 6.33. The number of nitrogens with one attached hydrogen (secondary N) is 3. The molecule has 0 aliphatic heterocycles. The summed E-state index contributed by atoms with van der Waals surface area (Å²) in [5.41, 5.74) is 4.40. The lowest BCUT2D eigenvalue weighted by Gasteiger charge is -2.22. The third-order valence-corrected chi connectivity index (χ3v) is 6.33. The second-order valence-corrected chi connectivity index (χ2v) is 8.80. The van der Waals surface area contributed by atoms with Gasteiger partial charge < -0.3 is 20.7 Å². The quantitative estimate of drug-likeness (QED) is 0.286. The number of aromatic nitrogens is 2. The van der Waals surface area contributed by atoms with Crippen LogP contribution in [0.15, 0.2) is 66.7 Å². The molecule has 3 aromatic carbocycles. The molecule has 1 atom stereocenters. The number of H-pyrrole nitrogens is 1. The lowest BCUT2D eigenvalue weighted by atomic mass is 9.95. The topological polar surface area (TPSA) is 90.0 Å². The minimum Gasteiger partial charge on any atom is -0.369 e. The van der Waals surface area contributed by atoms with Crippen molar-refractivity contribution in [2.24, 2.45) is 0 Å². The molecule has 1 amide bonds. The van der Waals surface area contributed by atoms with Crippen molar-refractivity contribution in [3.8, 4) is 11.4 Å². The standard InChI is InChI=1S/C27H27FN4O2/c28-20-11-6-18(7-12-20)26(33)30-22-13-8-17(9-14-22)25-31-23-15-10-19(16-24(23)32-25)27(34)29-21-4-2-1-3-5-21/h6-16,21,26,30,33H,1-5H2,(H,29,34)(H,31,32). The number of carbonyl (C=O) groups is 1. The highest BCUT2D eigenvalue weighted by atomic mass is 19.1. The van der Waals surface area contributed by atoms with E-state index in [0.717, 1.165) is 35.1 Å². The van der Waals surface area contributed by atoms with Gasteiger partial charge in [0.05, 0.1) is 11.0 Å². The summed E-state index contributed by atoms with van der Waals surface area (Å²) in [6, 6.07) is 19.0. The number of amides is 1. The molecule has 5 rings (SSSR count). The van der Waals surface area contributed by atoms with Gasteiger partial charge in [-0.15, -0.1) is 0 Å². The molecule has 1 unspecified atom stereocenters. The minimum absolute atomic E-state index is 0.0416. The molecule has 7 heteroatoms. The van der Waals surface area contributed by atoms with E-state index in [1.807, 2.05) is 42.5 Å². The summed E-state index contributed by atoms with van der Waals surface area (Å²) in [6.07, 6.45) is 4.75. The number of nitrogens with zero attached hydrogens (tertiary/aromatic N) is 1. The molecule has 1 aliphatic rings. The number of hydrogen-bond donors (Lipinski definition) is 4. The van der Waals surface area contributed by atoms with E-state index in [4.69, 9.17) is 0 Å². The number of hydrogen-bond acceptors (Lipinski definition) is 4. The van der Waals surface area contributed by atoms with Gasteiger partial charge in [0, 0.05) is 28.4 Å². The molecule has 1 fully saturated rings. The molecule has 6 nitrogen and oxygen atoms in total. The number of aliphatic hydroxyl groups is 1. The Morgan fingerprint density at radius 2 is 1.74 bits per heavy atom. The largest absolute Gasteiger partial charge is 0.369 e. The molecule has 4 N–H and O–H groups in total. The first-order valence-corrected chi connectivity index (χ1v) is 11.7. The second kappa shape index (κ2) is 9.65. The van der Waals surface area contributed by atoms with Crippen molar-refractivity contribution in [2.75, 3.05) is 5.32 Å². The normalized spacial score (nSPS) is 15.2. The van der Waals surface area contributed by atoms with Gasteiger partial charge >= 0.3 is 0 Å². The van der Waals surface area contributed by atoms with Crippen LogP contribution in [-0.2, 0) is 0 Å². The van der Waals surface area contributed by atoms with Crippen LogP contribution in [0.25, 0.3) is 22.4 Å². The van der Waals surface area contributed by atoms with Crippen LogP contribution in [0.5, 0.6) is 0 Å². The van der Waals surface area contributed by atoms with Crippen LogP contribution in [0.2, 0.25) is 0 Å². The van der Waals surface area contributed by atoms with Crippen molar-refractivity contribution in [3.05, 3.63) is 83.7 Å². The predicted octanol–water partition coefficient (Wildman–Crippen LogP) is 5.53. The maximum atomic E-state index is 13.1. The average Bonchev–Trinajstić information content (AvgIpc) is 3.29. The van der Waals surface area contributed by atoms with Crippen molar-refractivity contribution in [1.82, 2.24) is 15.3 Å². The number of aliphatic hydroxyl groups excluding tert-OH is 1. The summed E-state index contributed by atoms with van der Waals surface area (Å²) in [4.78, 5) is 20.6. The van der Waals surface area contributed by atoms with Gasteiger partial charge in [0.25, 0.3) is 5.91 Å². The first-order chi connectivity index (χ1) is 16.5. The summed E-state index contributed by atoms with van der Waals surface area (Å²) >= 11 is 0. The van der Waals surface area contributed by atoms with E-state index in [9.17, 15) is 14.3 Å². The van der Waals surface area contributed by atoms with Crippen LogP contribution in [0, 0.1) is 5.82 Å². The van der Waals surface area contributed by atoms with Crippen LogP contribution in [0.4, 0.5) is 10.1 Å². The van der Waals surface area contributed by atoms with E-state index in [2.05, 4.69) is 20.6 Å². The fourth-order valence-electron chi connectivity index (χ4n) is 4.41. The first-order valence-electron chi connectivity index (χ1n) is 11.7. The Kier molecular flexibility index (Phi) is 6.27. The summed E-state index contributed by atoms with van der Waals surface area (Å²) in [6.45, 7) is 0. The number of aromatic amines is 1. The SMILES string of the molecule is O=C(NC1CCCCC1)c1ccc2nc(-c3ccc(NC(O)c4ccc(F)cc4)cc3)[nH]c2c1. The van der Waals surface area contributed by atoms with E-state index in [1.54, 1.807) is 12.1 Å². The molecule has 0 radical (unpaired) electrons. The molecule has 1 saturated carbocycles. The highest BCUT2D eigenvalue weighted by Crippen LogP contribution is 2.25. The van der Waals surface area contributed by atoms with Gasteiger partial charge in [-0.3, -0.25) is 4.79 Å². The monoisotopic (exact) mass is 458 g/mol. The number of halogens is 1. The van der Waals surface area contributed by atoms with Crippen LogP contribution >= 0.6 is 0 Å². The maximum Gasteiger partial charge on any atom is 0.251 e. The number of fused-ring (bicyclic) bond motifs is 1. The van der Waals surface area contributed by atoms with Crippen molar-refractivity contribution in [3.63, 3.8) is 0 Å². The highest BCUT2D eigenvalue weighted by Gasteiger charge is 2.17. The van der Waals surface area contributed by atoms with E-state index < -0.39 is 6.23 Å². The van der Waals surface area contributed by atoms with E-state index in [1.165, 1.54) is 31.4 Å². The average molecular weight is 459 g/mol. The zero-order valence-electron chi connectivity index (χ0n) is 18.7. The number of carbonyl (C=O) groups excluding carboxylic acids is 1. The Morgan fingerprint density at radius 1 is 1.00 bits per heavy atom. The van der Waals surface area contributed by atoms with Crippen molar-refractivity contribution >= 4 is 22.6 Å². The Morgan fingerprint density at radius 3 is 2.47 bits per heavy atom. The number of anilines is 1. The van der Waals surface area contributed by atoms with Crippen LogP contribution < -0.4 is 10.6 Å². The molecule has 0 saturated heterocycles. The lowest BCUT2D eigenvalue weighted by Crippen LogP contribution is -2.36. The maximum absolute atomic E-state index is 13.1. The summed E-state index contributed by atoms with van der Waals surface area (Å²) in [7, 11) is 0. The third kappa shape index (κ3) is 4.94. The molecule has 174 valence electrons. The van der Waals surface area contributed by atoms with E-state index in [-0.39, 0.29) is 17.8 Å². The Bertz CT molecular complexity index is 1280. The molecule has 34 heavy (non-hydrogen) atoms. The molecular weight excluding hydrogens is 431 g/mol. The van der Waals surface area contributed by atoms with Crippen LogP contribution in [-0.4, -0.2) is 27.0 Å². The predicted molar refractivity (Wildman–Crippen MR) is 131 cm³/mol. The zero-order chi connectivity index (χ0) is 23.5. The van der Waals surface area contributed by atoms with Gasteiger partial charge in [0.1, 0.15) is 11.6 Å². The Balaban J connectivity index is 1.28. The van der Waals surface area contributed by atoms with Crippen LogP contribution in [0.1, 0.15) is 54.3 Å². The van der Waals surface area contributed by atoms with Gasteiger partial charge in [-0.05, 0) is 67.4 Å². The van der Waals surface area contributed by atoms with Crippen molar-refractivity contribution in [1.29, 1.82) is 0 Å². The zero-order valence-corrected chi connectivity index (χ0v) is 18.7. The summed E-state index contributed by atoms with van der Waals surface area (Å²) in [5.74, 6) is 0.314. The molecule has 1 aromatic heterocycles. The number of rotatable bonds is 6.